The van der Waals surface area contributed by atoms with Crippen LogP contribution in [0.1, 0.15) is 46.1 Å². The predicted octanol–water partition coefficient (Wildman–Crippen LogP) is 2.66. The molecule has 0 aliphatic heterocycles. The summed E-state index contributed by atoms with van der Waals surface area (Å²) in [6.45, 7) is 12.2. The summed E-state index contributed by atoms with van der Waals surface area (Å²) in [6.07, 6.45) is 6.54. The Morgan fingerprint density at radius 3 is 2.65 bits per heavy atom. The Balaban J connectivity index is 2.54. The Bertz CT molecular complexity index is 386. The molecule has 20 heavy (non-hydrogen) atoms. The monoisotopic (exact) mass is 280 g/mol. The van der Waals surface area contributed by atoms with Crippen molar-refractivity contribution in [1.29, 1.82) is 0 Å². The van der Waals surface area contributed by atoms with Gasteiger partial charge in [0.05, 0.1) is 6.20 Å². The van der Waals surface area contributed by atoms with E-state index < -0.39 is 0 Å². The fourth-order valence-corrected chi connectivity index (χ4v) is 2.85. The van der Waals surface area contributed by atoms with E-state index in [4.69, 9.17) is 0 Å². The van der Waals surface area contributed by atoms with Crippen molar-refractivity contribution in [2.24, 2.45) is 12.5 Å². The van der Waals surface area contributed by atoms with Gasteiger partial charge in [-0.05, 0) is 18.9 Å². The van der Waals surface area contributed by atoms with Gasteiger partial charge in [-0.25, -0.2) is 0 Å². The summed E-state index contributed by atoms with van der Waals surface area (Å²) < 4.78 is 1.87. The van der Waals surface area contributed by atoms with E-state index in [0.717, 1.165) is 19.6 Å². The van der Waals surface area contributed by atoms with Gasteiger partial charge < -0.3 is 10.2 Å². The first-order chi connectivity index (χ1) is 9.34. The minimum Gasteiger partial charge on any atom is -0.314 e. The zero-order chi connectivity index (χ0) is 15.2. The molecule has 0 spiro atoms. The lowest BCUT2D eigenvalue weighted by molar-refractivity contribution is 0.165. The lowest BCUT2D eigenvalue weighted by atomic mass is 9.84. The van der Waals surface area contributed by atoms with Crippen molar-refractivity contribution >= 4 is 0 Å². The topological polar surface area (TPSA) is 33.1 Å². The molecule has 0 saturated carbocycles. The quantitative estimate of drug-likeness (QED) is 0.755. The van der Waals surface area contributed by atoms with Crippen LogP contribution in [0.3, 0.4) is 0 Å². The van der Waals surface area contributed by atoms with Crippen LogP contribution in [0.2, 0.25) is 0 Å². The third-order valence-electron chi connectivity index (χ3n) is 3.65. The summed E-state index contributed by atoms with van der Waals surface area (Å²) in [5.74, 6) is 0. The summed E-state index contributed by atoms with van der Waals surface area (Å²) in [7, 11) is 4.17. The number of hydrogen-bond acceptors (Lipinski definition) is 3. The highest BCUT2D eigenvalue weighted by molar-refractivity contribution is 5.03. The molecule has 4 nitrogen and oxygen atoms in total. The van der Waals surface area contributed by atoms with E-state index in [1.165, 1.54) is 18.4 Å². The highest BCUT2D eigenvalue weighted by Gasteiger charge is 2.25. The van der Waals surface area contributed by atoms with E-state index in [2.05, 4.69) is 56.3 Å². The fraction of sp³-hybridized carbons (Fsp3) is 0.812. The molecule has 0 radical (unpaired) electrons. The summed E-state index contributed by atoms with van der Waals surface area (Å²) in [5.41, 5.74) is 1.61. The maximum absolute atomic E-state index is 4.24. The van der Waals surface area contributed by atoms with Crippen LogP contribution in [0.4, 0.5) is 0 Å². The van der Waals surface area contributed by atoms with Gasteiger partial charge in [-0.1, -0.05) is 34.1 Å². The maximum Gasteiger partial charge on any atom is 0.0534 e. The van der Waals surface area contributed by atoms with E-state index in [1.807, 2.05) is 17.9 Å². The van der Waals surface area contributed by atoms with Crippen molar-refractivity contribution in [3.05, 3.63) is 18.0 Å². The SMILES string of the molecule is CCCC(C)(CNC(C)C)CN(C)Cc1cnn(C)c1. The van der Waals surface area contributed by atoms with Crippen molar-refractivity contribution in [2.45, 2.75) is 53.1 Å². The van der Waals surface area contributed by atoms with Gasteiger partial charge in [-0.2, -0.15) is 5.10 Å². The van der Waals surface area contributed by atoms with Gasteiger partial charge >= 0.3 is 0 Å². The van der Waals surface area contributed by atoms with E-state index >= 15 is 0 Å². The predicted molar refractivity (Wildman–Crippen MR) is 85.7 cm³/mol. The average molecular weight is 280 g/mol. The first kappa shape index (κ1) is 17.2. The smallest absolute Gasteiger partial charge is 0.0534 e. The first-order valence-electron chi connectivity index (χ1n) is 7.74. The molecule has 1 unspecified atom stereocenters. The lowest BCUT2D eigenvalue weighted by Crippen LogP contribution is -2.42. The highest BCUT2D eigenvalue weighted by Crippen LogP contribution is 2.24. The molecule has 1 heterocycles. The van der Waals surface area contributed by atoms with Gasteiger partial charge in [-0.15, -0.1) is 0 Å². The number of nitrogens with one attached hydrogen (secondary N) is 1. The van der Waals surface area contributed by atoms with Crippen LogP contribution >= 0.6 is 0 Å². The summed E-state index contributed by atoms with van der Waals surface area (Å²) in [6, 6.07) is 0.551. The molecule has 0 fully saturated rings. The zero-order valence-corrected chi connectivity index (χ0v) is 14.1. The van der Waals surface area contributed by atoms with Crippen molar-refractivity contribution in [3.8, 4) is 0 Å². The summed E-state index contributed by atoms with van der Waals surface area (Å²) in [4.78, 5) is 2.41. The standard InChI is InChI=1S/C16H32N4/c1-7-8-16(4,12-17-14(2)3)13-19(5)10-15-9-18-20(6)11-15/h9,11,14,17H,7-8,10,12-13H2,1-6H3. The van der Waals surface area contributed by atoms with Crippen LogP contribution in [0.15, 0.2) is 12.4 Å². The molecule has 1 aromatic heterocycles. The second-order valence-corrected chi connectivity index (χ2v) is 6.79. The molecule has 1 N–H and O–H groups in total. The molecule has 116 valence electrons. The van der Waals surface area contributed by atoms with E-state index in [0.29, 0.717) is 11.5 Å². The zero-order valence-electron chi connectivity index (χ0n) is 14.1. The van der Waals surface area contributed by atoms with Crippen molar-refractivity contribution in [1.82, 2.24) is 20.0 Å². The van der Waals surface area contributed by atoms with Gasteiger partial charge in [0.2, 0.25) is 0 Å². The average Bonchev–Trinajstić information content (AvgIpc) is 2.72. The minimum absolute atomic E-state index is 0.329. The minimum atomic E-state index is 0.329. The van der Waals surface area contributed by atoms with Crippen molar-refractivity contribution < 1.29 is 0 Å². The Kier molecular flexibility index (Phi) is 6.69. The normalized spacial score (nSPS) is 15.0. The second-order valence-electron chi connectivity index (χ2n) is 6.79. The third-order valence-corrected chi connectivity index (χ3v) is 3.65. The Morgan fingerprint density at radius 1 is 1.45 bits per heavy atom. The van der Waals surface area contributed by atoms with Crippen LogP contribution in [0.5, 0.6) is 0 Å². The molecule has 0 aliphatic rings. The fourth-order valence-electron chi connectivity index (χ4n) is 2.85. The number of hydrogen-bond donors (Lipinski definition) is 1. The largest absolute Gasteiger partial charge is 0.314 e. The molecule has 0 aliphatic carbocycles. The molecule has 1 aromatic rings. The van der Waals surface area contributed by atoms with Gasteiger partial charge in [-0.3, -0.25) is 4.68 Å². The van der Waals surface area contributed by atoms with Gasteiger partial charge in [0.25, 0.3) is 0 Å². The molecule has 0 amide bonds. The Labute approximate surface area is 124 Å². The van der Waals surface area contributed by atoms with Crippen LogP contribution in [0, 0.1) is 5.41 Å². The van der Waals surface area contributed by atoms with E-state index in [-0.39, 0.29) is 0 Å². The van der Waals surface area contributed by atoms with Crippen molar-refractivity contribution in [2.75, 3.05) is 20.1 Å². The molecule has 0 bridgehead atoms. The van der Waals surface area contributed by atoms with Crippen molar-refractivity contribution in [3.63, 3.8) is 0 Å². The second kappa shape index (κ2) is 7.79. The molecular formula is C16H32N4. The summed E-state index contributed by atoms with van der Waals surface area (Å²) >= 11 is 0. The summed E-state index contributed by atoms with van der Waals surface area (Å²) in [5, 5.41) is 7.84. The molecule has 0 aromatic carbocycles. The van der Waals surface area contributed by atoms with E-state index in [9.17, 15) is 0 Å². The van der Waals surface area contributed by atoms with Crippen LogP contribution in [0.25, 0.3) is 0 Å². The maximum atomic E-state index is 4.24. The molecule has 1 rings (SSSR count). The molecule has 0 saturated heterocycles. The number of aryl methyl sites for hydroxylation is 1. The van der Waals surface area contributed by atoms with Gasteiger partial charge in [0.1, 0.15) is 0 Å². The first-order valence-corrected chi connectivity index (χ1v) is 7.74. The Morgan fingerprint density at radius 2 is 2.15 bits per heavy atom. The number of rotatable bonds is 9. The van der Waals surface area contributed by atoms with Gasteiger partial charge in [0.15, 0.2) is 0 Å². The van der Waals surface area contributed by atoms with Gasteiger partial charge in [0, 0.05) is 44.5 Å². The third kappa shape index (κ3) is 6.06. The molecule has 4 heteroatoms. The van der Waals surface area contributed by atoms with Crippen LogP contribution in [-0.2, 0) is 13.6 Å². The lowest BCUT2D eigenvalue weighted by Gasteiger charge is -2.34. The molecular weight excluding hydrogens is 248 g/mol. The van der Waals surface area contributed by atoms with Crippen LogP contribution < -0.4 is 5.32 Å². The number of nitrogens with zero attached hydrogens (tertiary/aromatic N) is 3. The molecule has 1 atom stereocenters. The highest BCUT2D eigenvalue weighted by atomic mass is 15.2. The Hall–Kier alpha value is -0.870. The number of aromatic nitrogens is 2. The van der Waals surface area contributed by atoms with Crippen LogP contribution in [-0.4, -0.2) is 40.9 Å². The van der Waals surface area contributed by atoms with E-state index in [1.54, 1.807) is 0 Å².